The summed E-state index contributed by atoms with van der Waals surface area (Å²) in [4.78, 5) is 52.8. The van der Waals surface area contributed by atoms with Crippen LogP contribution in [0.1, 0.15) is 52.9 Å². The summed E-state index contributed by atoms with van der Waals surface area (Å²) in [5.74, 6) is -3.25. The number of carbonyl (C=O) groups is 4. The SMILES string of the molecule is CC(C)[C@H](NC(=O)[C@@H](N)CCCN=C(N)N)C(=O)N[C@@H](CCCCN)C(=O)N[C@@H](C)C(=O)O. The van der Waals surface area contributed by atoms with Gasteiger partial charge < -0.3 is 44.0 Å². The molecule has 0 aliphatic carbocycles. The highest BCUT2D eigenvalue weighted by atomic mass is 16.4. The molecule has 0 aliphatic heterocycles. The van der Waals surface area contributed by atoms with E-state index < -0.39 is 47.9 Å². The van der Waals surface area contributed by atoms with Crippen LogP contribution < -0.4 is 38.9 Å². The summed E-state index contributed by atoms with van der Waals surface area (Å²) < 4.78 is 0. The number of aliphatic imine (C=N–C) groups is 1. The van der Waals surface area contributed by atoms with Gasteiger partial charge in [0, 0.05) is 6.54 Å². The van der Waals surface area contributed by atoms with Crippen molar-refractivity contribution < 1.29 is 24.3 Å². The highest BCUT2D eigenvalue weighted by Crippen LogP contribution is 2.07. The fourth-order valence-electron chi connectivity index (χ4n) is 2.84. The van der Waals surface area contributed by atoms with Crippen LogP contribution in [0.25, 0.3) is 0 Å². The maximum Gasteiger partial charge on any atom is 0.325 e. The standard InChI is InChI=1S/C20H40N8O5/c1-11(2)15(28-16(29)13(22)7-6-10-25-20(23)24)18(31)27-14(8-4-5-9-21)17(30)26-12(3)19(32)33/h11-15H,4-10,21-22H2,1-3H3,(H,26,30)(H,27,31)(H,28,29)(H,32,33)(H4,23,24,25)/t12-,13-,14-,15-/m0/s1. The Morgan fingerprint density at radius 1 is 0.879 bits per heavy atom. The zero-order valence-electron chi connectivity index (χ0n) is 19.7. The van der Waals surface area contributed by atoms with Crippen LogP contribution in [-0.2, 0) is 19.2 Å². The van der Waals surface area contributed by atoms with Gasteiger partial charge in [0.1, 0.15) is 18.1 Å². The lowest BCUT2D eigenvalue weighted by Gasteiger charge is -2.26. The van der Waals surface area contributed by atoms with E-state index in [0.29, 0.717) is 38.8 Å². The first kappa shape index (κ1) is 30.1. The van der Waals surface area contributed by atoms with Crippen molar-refractivity contribution in [3.05, 3.63) is 0 Å². The van der Waals surface area contributed by atoms with Gasteiger partial charge in [0.25, 0.3) is 0 Å². The maximum atomic E-state index is 12.9. The second-order valence-corrected chi connectivity index (χ2v) is 8.20. The Balaban J connectivity index is 5.15. The predicted molar refractivity (Wildman–Crippen MR) is 125 cm³/mol. The molecule has 0 fully saturated rings. The van der Waals surface area contributed by atoms with Crippen molar-refractivity contribution >= 4 is 29.7 Å². The third-order valence-corrected chi connectivity index (χ3v) is 4.86. The molecule has 0 aromatic carbocycles. The maximum absolute atomic E-state index is 12.9. The minimum atomic E-state index is -1.20. The topological polar surface area (TPSA) is 241 Å². The molecule has 13 nitrogen and oxygen atoms in total. The quantitative estimate of drug-likeness (QED) is 0.0683. The minimum absolute atomic E-state index is 0.0487. The first-order valence-electron chi connectivity index (χ1n) is 11.1. The third-order valence-electron chi connectivity index (χ3n) is 4.86. The Morgan fingerprint density at radius 2 is 1.52 bits per heavy atom. The smallest absolute Gasteiger partial charge is 0.325 e. The molecule has 0 saturated heterocycles. The molecule has 0 aliphatic rings. The van der Waals surface area contributed by atoms with Crippen molar-refractivity contribution in [2.75, 3.05) is 13.1 Å². The molecule has 12 N–H and O–H groups in total. The Hall–Kier alpha value is -2.93. The number of aliphatic carboxylic acids is 1. The largest absolute Gasteiger partial charge is 0.480 e. The molecule has 0 aromatic rings. The number of nitrogens with two attached hydrogens (primary N) is 4. The van der Waals surface area contributed by atoms with E-state index >= 15 is 0 Å². The summed E-state index contributed by atoms with van der Waals surface area (Å²) in [5, 5.41) is 16.6. The number of hydrogen-bond acceptors (Lipinski definition) is 7. The Labute approximate surface area is 194 Å². The summed E-state index contributed by atoms with van der Waals surface area (Å²) >= 11 is 0. The number of unbranched alkanes of at least 4 members (excludes halogenated alkanes) is 1. The van der Waals surface area contributed by atoms with Crippen LogP contribution >= 0.6 is 0 Å². The van der Waals surface area contributed by atoms with E-state index in [9.17, 15) is 19.2 Å². The van der Waals surface area contributed by atoms with Crippen molar-refractivity contribution in [1.29, 1.82) is 0 Å². The summed E-state index contributed by atoms with van der Waals surface area (Å²) in [7, 11) is 0. The lowest BCUT2D eigenvalue weighted by molar-refractivity contribution is -0.142. The van der Waals surface area contributed by atoms with Crippen molar-refractivity contribution in [2.45, 2.75) is 77.0 Å². The molecule has 0 unspecified atom stereocenters. The normalized spacial score (nSPS) is 14.5. The van der Waals surface area contributed by atoms with E-state index in [1.165, 1.54) is 6.92 Å². The summed E-state index contributed by atoms with van der Waals surface area (Å²) in [6.45, 7) is 5.55. The van der Waals surface area contributed by atoms with Gasteiger partial charge in [-0.25, -0.2) is 0 Å². The van der Waals surface area contributed by atoms with Crippen LogP contribution in [0.2, 0.25) is 0 Å². The number of hydrogen-bond donors (Lipinski definition) is 8. The average molecular weight is 473 g/mol. The molecule has 0 radical (unpaired) electrons. The second kappa shape index (κ2) is 15.8. The lowest BCUT2D eigenvalue weighted by Crippen LogP contribution is -2.58. The molecule has 13 heteroatoms. The summed E-state index contributed by atoms with van der Waals surface area (Å²) in [6.07, 6.45) is 2.25. The number of carboxylic acid groups (broad SMARTS) is 1. The number of nitrogens with one attached hydrogen (secondary N) is 3. The average Bonchev–Trinajstić information content (AvgIpc) is 2.73. The number of guanidine groups is 1. The van der Waals surface area contributed by atoms with Crippen molar-refractivity contribution in [3.63, 3.8) is 0 Å². The zero-order valence-corrected chi connectivity index (χ0v) is 19.7. The van der Waals surface area contributed by atoms with Crippen LogP contribution in [0.4, 0.5) is 0 Å². The zero-order chi connectivity index (χ0) is 25.6. The van der Waals surface area contributed by atoms with Gasteiger partial charge in [-0.1, -0.05) is 13.8 Å². The monoisotopic (exact) mass is 472 g/mol. The molecule has 3 amide bonds. The van der Waals surface area contributed by atoms with Crippen molar-refractivity contribution in [2.24, 2.45) is 33.8 Å². The highest BCUT2D eigenvalue weighted by molar-refractivity contribution is 5.94. The van der Waals surface area contributed by atoms with Gasteiger partial charge in [-0.15, -0.1) is 0 Å². The van der Waals surface area contributed by atoms with Crippen LogP contribution in [0.5, 0.6) is 0 Å². The molecule has 190 valence electrons. The van der Waals surface area contributed by atoms with Gasteiger partial charge in [-0.3, -0.25) is 24.2 Å². The molecule has 0 bridgehead atoms. The van der Waals surface area contributed by atoms with Gasteiger partial charge >= 0.3 is 5.97 Å². The Kier molecular flexibility index (Phi) is 14.4. The molecule has 4 atom stereocenters. The first-order valence-corrected chi connectivity index (χ1v) is 11.1. The van der Waals surface area contributed by atoms with E-state index in [-0.39, 0.29) is 18.3 Å². The van der Waals surface area contributed by atoms with Crippen LogP contribution in [0, 0.1) is 5.92 Å². The van der Waals surface area contributed by atoms with Crippen molar-refractivity contribution in [3.8, 4) is 0 Å². The highest BCUT2D eigenvalue weighted by Gasteiger charge is 2.30. The van der Waals surface area contributed by atoms with Gasteiger partial charge in [0.05, 0.1) is 6.04 Å². The van der Waals surface area contributed by atoms with E-state index in [1.54, 1.807) is 13.8 Å². The van der Waals surface area contributed by atoms with E-state index in [1.807, 2.05) is 0 Å². The summed E-state index contributed by atoms with van der Waals surface area (Å²) in [6, 6.07) is -3.91. The molecule has 0 rings (SSSR count). The number of carboxylic acids is 1. The van der Waals surface area contributed by atoms with Gasteiger partial charge in [-0.05, 0) is 51.5 Å². The van der Waals surface area contributed by atoms with Crippen LogP contribution in [0.3, 0.4) is 0 Å². The van der Waals surface area contributed by atoms with Gasteiger partial charge in [0.15, 0.2) is 5.96 Å². The molecule has 0 aromatic heterocycles. The number of nitrogens with zero attached hydrogens (tertiary/aromatic N) is 1. The molecule has 0 spiro atoms. The fraction of sp³-hybridized carbons (Fsp3) is 0.750. The van der Waals surface area contributed by atoms with E-state index in [4.69, 9.17) is 28.0 Å². The lowest BCUT2D eigenvalue weighted by atomic mass is 10.0. The van der Waals surface area contributed by atoms with E-state index in [0.717, 1.165) is 0 Å². The van der Waals surface area contributed by atoms with Crippen molar-refractivity contribution in [1.82, 2.24) is 16.0 Å². The Morgan fingerprint density at radius 3 is 2.03 bits per heavy atom. The number of amides is 3. The molecular weight excluding hydrogens is 432 g/mol. The third kappa shape index (κ3) is 12.6. The predicted octanol–water partition coefficient (Wildman–Crippen LogP) is -2.29. The van der Waals surface area contributed by atoms with E-state index in [2.05, 4.69) is 20.9 Å². The Bertz CT molecular complexity index is 681. The van der Waals surface area contributed by atoms with Crippen LogP contribution in [0.15, 0.2) is 4.99 Å². The second-order valence-electron chi connectivity index (χ2n) is 8.20. The van der Waals surface area contributed by atoms with Gasteiger partial charge in [-0.2, -0.15) is 0 Å². The summed E-state index contributed by atoms with van der Waals surface area (Å²) in [5.41, 5.74) is 21.9. The molecule has 0 heterocycles. The fourth-order valence-corrected chi connectivity index (χ4v) is 2.84. The molecule has 33 heavy (non-hydrogen) atoms. The first-order chi connectivity index (χ1) is 15.4. The molecule has 0 saturated carbocycles. The van der Waals surface area contributed by atoms with Crippen LogP contribution in [-0.4, -0.2) is 72.0 Å². The number of carbonyl (C=O) groups excluding carboxylic acids is 3. The minimum Gasteiger partial charge on any atom is -0.480 e. The molecular formula is C20H40N8O5. The van der Waals surface area contributed by atoms with Gasteiger partial charge in [0.2, 0.25) is 17.7 Å². The number of rotatable bonds is 16.